The molecule has 0 atom stereocenters. The van der Waals surface area contributed by atoms with Crippen molar-refractivity contribution in [2.24, 2.45) is 0 Å². The van der Waals surface area contributed by atoms with Gasteiger partial charge in [-0.1, -0.05) is 18.2 Å². The molecule has 1 aliphatic heterocycles. The van der Waals surface area contributed by atoms with Crippen LogP contribution in [0, 0.1) is 6.92 Å². The van der Waals surface area contributed by atoms with E-state index in [4.69, 9.17) is 4.42 Å². The number of nitrogens with zero attached hydrogens (tertiary/aromatic N) is 1. The average Bonchev–Trinajstić information content (AvgIpc) is 3.02. The van der Waals surface area contributed by atoms with Crippen LogP contribution in [0.2, 0.25) is 0 Å². The van der Waals surface area contributed by atoms with Crippen LogP contribution in [0.25, 0.3) is 17.0 Å². The lowest BCUT2D eigenvalue weighted by molar-refractivity contribution is -0.118. The first-order valence-corrected chi connectivity index (χ1v) is 9.23. The molecule has 0 aliphatic carbocycles. The molecule has 0 spiro atoms. The molecule has 4 rings (SSSR count). The summed E-state index contributed by atoms with van der Waals surface area (Å²) in [7, 11) is 0. The second-order valence-corrected chi connectivity index (χ2v) is 6.98. The molecule has 0 saturated carbocycles. The Morgan fingerprint density at radius 3 is 2.96 bits per heavy atom. The van der Waals surface area contributed by atoms with E-state index in [2.05, 4.69) is 15.6 Å². The van der Waals surface area contributed by atoms with Gasteiger partial charge in [-0.25, -0.2) is 4.98 Å². The highest BCUT2D eigenvalue weighted by atomic mass is 16.3. The van der Waals surface area contributed by atoms with E-state index in [1.807, 2.05) is 37.3 Å². The van der Waals surface area contributed by atoms with Crippen LogP contribution in [0.4, 0.5) is 5.82 Å². The monoisotopic (exact) mass is 375 g/mol. The molecule has 28 heavy (non-hydrogen) atoms. The number of pyridine rings is 1. The van der Waals surface area contributed by atoms with E-state index in [1.165, 1.54) is 0 Å². The number of aryl methyl sites for hydroxylation is 2. The maximum absolute atomic E-state index is 12.5. The van der Waals surface area contributed by atoms with Crippen molar-refractivity contribution >= 4 is 34.7 Å². The molecule has 3 aromatic rings. The summed E-state index contributed by atoms with van der Waals surface area (Å²) >= 11 is 0. The van der Waals surface area contributed by atoms with Crippen molar-refractivity contribution in [3.05, 3.63) is 64.6 Å². The van der Waals surface area contributed by atoms with E-state index in [0.717, 1.165) is 33.4 Å². The van der Waals surface area contributed by atoms with Crippen molar-refractivity contribution in [1.82, 2.24) is 10.3 Å². The van der Waals surface area contributed by atoms with Crippen LogP contribution in [0.15, 0.2) is 46.5 Å². The zero-order valence-corrected chi connectivity index (χ0v) is 15.8. The standard InChI is InChI=1S/C22H21N3O3/c1-13(9-15-10-16-7-8-20(26)25-21(16)23-11-15)22(27)24-12-19-14(2)17-5-3-4-6-18(17)28-19/h3-6,9-11H,7-8,12H2,1-2H3,(H,24,27)(H,23,25,26). The summed E-state index contributed by atoms with van der Waals surface area (Å²) in [5.74, 6) is 1.19. The first-order chi connectivity index (χ1) is 13.5. The third-order valence-electron chi connectivity index (χ3n) is 4.96. The highest BCUT2D eigenvalue weighted by molar-refractivity contribution is 5.97. The summed E-state index contributed by atoms with van der Waals surface area (Å²) in [6.45, 7) is 4.09. The van der Waals surface area contributed by atoms with E-state index in [-0.39, 0.29) is 11.8 Å². The molecular weight excluding hydrogens is 354 g/mol. The number of carbonyl (C=O) groups excluding carboxylic acids is 2. The van der Waals surface area contributed by atoms with Crippen LogP contribution in [-0.2, 0) is 22.6 Å². The van der Waals surface area contributed by atoms with Gasteiger partial charge in [0.2, 0.25) is 11.8 Å². The molecule has 1 aromatic carbocycles. The second-order valence-electron chi connectivity index (χ2n) is 6.98. The van der Waals surface area contributed by atoms with Crippen LogP contribution in [0.1, 0.15) is 35.8 Å². The predicted molar refractivity (Wildman–Crippen MR) is 108 cm³/mol. The van der Waals surface area contributed by atoms with Gasteiger partial charge in [-0.3, -0.25) is 9.59 Å². The third kappa shape index (κ3) is 3.53. The zero-order chi connectivity index (χ0) is 19.7. The minimum atomic E-state index is -0.161. The Morgan fingerprint density at radius 1 is 1.32 bits per heavy atom. The number of para-hydroxylation sites is 1. The average molecular weight is 375 g/mol. The number of aromatic nitrogens is 1. The van der Waals surface area contributed by atoms with Crippen LogP contribution < -0.4 is 10.6 Å². The topological polar surface area (TPSA) is 84.2 Å². The van der Waals surface area contributed by atoms with E-state index in [0.29, 0.717) is 30.8 Å². The largest absolute Gasteiger partial charge is 0.459 e. The van der Waals surface area contributed by atoms with Gasteiger partial charge < -0.3 is 15.1 Å². The fraction of sp³-hybridized carbons (Fsp3) is 0.227. The van der Waals surface area contributed by atoms with E-state index in [9.17, 15) is 9.59 Å². The van der Waals surface area contributed by atoms with Crippen molar-refractivity contribution in [3.8, 4) is 0 Å². The summed E-state index contributed by atoms with van der Waals surface area (Å²) < 4.78 is 5.84. The minimum Gasteiger partial charge on any atom is -0.459 e. The zero-order valence-electron chi connectivity index (χ0n) is 15.8. The Hall–Kier alpha value is -3.41. The van der Waals surface area contributed by atoms with Gasteiger partial charge in [-0.15, -0.1) is 0 Å². The number of hydrogen-bond acceptors (Lipinski definition) is 4. The van der Waals surface area contributed by atoms with E-state index >= 15 is 0 Å². The van der Waals surface area contributed by atoms with Crippen molar-refractivity contribution in [2.45, 2.75) is 33.2 Å². The fourth-order valence-corrected chi connectivity index (χ4v) is 3.36. The Morgan fingerprint density at radius 2 is 2.14 bits per heavy atom. The number of nitrogens with one attached hydrogen (secondary N) is 2. The quantitative estimate of drug-likeness (QED) is 0.681. The molecule has 2 aromatic heterocycles. The SMILES string of the molecule is CC(=Cc1cnc2c(c1)CCC(=O)N2)C(=O)NCc1oc2ccccc2c1C. The summed E-state index contributed by atoms with van der Waals surface area (Å²) in [4.78, 5) is 28.2. The summed E-state index contributed by atoms with van der Waals surface area (Å²) in [6.07, 6.45) is 4.57. The number of benzene rings is 1. The van der Waals surface area contributed by atoms with Gasteiger partial charge in [0.15, 0.2) is 0 Å². The van der Waals surface area contributed by atoms with Crippen LogP contribution in [0.5, 0.6) is 0 Å². The maximum Gasteiger partial charge on any atom is 0.247 e. The van der Waals surface area contributed by atoms with Gasteiger partial charge in [0.25, 0.3) is 0 Å². The molecule has 1 aliphatic rings. The normalized spacial score (nSPS) is 13.9. The number of amides is 2. The molecular formula is C22H21N3O3. The first-order valence-electron chi connectivity index (χ1n) is 9.23. The van der Waals surface area contributed by atoms with Crippen LogP contribution >= 0.6 is 0 Å². The minimum absolute atomic E-state index is 0.0141. The smallest absolute Gasteiger partial charge is 0.247 e. The molecule has 0 saturated heterocycles. The van der Waals surface area contributed by atoms with Gasteiger partial charge in [-0.2, -0.15) is 0 Å². The molecule has 2 N–H and O–H groups in total. The van der Waals surface area contributed by atoms with Gasteiger partial charge in [-0.05, 0) is 49.6 Å². The predicted octanol–water partition coefficient (Wildman–Crippen LogP) is 3.74. The Bertz CT molecular complexity index is 1110. The summed E-state index contributed by atoms with van der Waals surface area (Å²) in [6, 6.07) is 9.79. The molecule has 0 fully saturated rings. The number of fused-ring (bicyclic) bond motifs is 2. The number of hydrogen-bond donors (Lipinski definition) is 2. The lowest BCUT2D eigenvalue weighted by Crippen LogP contribution is -2.23. The molecule has 142 valence electrons. The van der Waals surface area contributed by atoms with Crippen molar-refractivity contribution in [2.75, 3.05) is 5.32 Å². The molecule has 0 bridgehead atoms. The van der Waals surface area contributed by atoms with Gasteiger partial charge in [0.05, 0.1) is 6.54 Å². The Labute approximate surface area is 162 Å². The lowest BCUT2D eigenvalue weighted by atomic mass is 10.0. The highest BCUT2D eigenvalue weighted by Gasteiger charge is 2.16. The fourth-order valence-electron chi connectivity index (χ4n) is 3.36. The van der Waals surface area contributed by atoms with Crippen LogP contribution in [-0.4, -0.2) is 16.8 Å². The summed E-state index contributed by atoms with van der Waals surface area (Å²) in [5.41, 5.74) is 4.26. The van der Waals surface area contributed by atoms with Crippen LogP contribution in [0.3, 0.4) is 0 Å². The van der Waals surface area contributed by atoms with Crippen molar-refractivity contribution in [3.63, 3.8) is 0 Å². The molecule has 2 amide bonds. The van der Waals surface area contributed by atoms with Gasteiger partial charge in [0.1, 0.15) is 17.2 Å². The Kier molecular flexibility index (Phi) is 4.69. The van der Waals surface area contributed by atoms with Crippen molar-refractivity contribution < 1.29 is 14.0 Å². The number of rotatable bonds is 4. The van der Waals surface area contributed by atoms with Crippen molar-refractivity contribution in [1.29, 1.82) is 0 Å². The van der Waals surface area contributed by atoms with Gasteiger partial charge in [0, 0.05) is 29.1 Å². The van der Waals surface area contributed by atoms with E-state index < -0.39 is 0 Å². The molecule has 0 radical (unpaired) electrons. The molecule has 6 heteroatoms. The maximum atomic E-state index is 12.5. The van der Waals surface area contributed by atoms with E-state index in [1.54, 1.807) is 19.2 Å². The lowest BCUT2D eigenvalue weighted by Gasteiger charge is -2.15. The number of furan rings is 1. The first kappa shape index (κ1) is 18.0. The number of anilines is 1. The number of carbonyl (C=O) groups is 2. The Balaban J connectivity index is 1.45. The third-order valence-corrected chi connectivity index (χ3v) is 4.96. The summed E-state index contributed by atoms with van der Waals surface area (Å²) in [5, 5.41) is 6.73. The second kappa shape index (κ2) is 7.31. The van der Waals surface area contributed by atoms with Gasteiger partial charge >= 0.3 is 0 Å². The highest BCUT2D eigenvalue weighted by Crippen LogP contribution is 2.25. The molecule has 3 heterocycles. The molecule has 6 nitrogen and oxygen atoms in total. The molecule has 0 unspecified atom stereocenters.